The predicted octanol–water partition coefficient (Wildman–Crippen LogP) is 4.74. The van der Waals surface area contributed by atoms with E-state index in [1.54, 1.807) is 22.2 Å². The summed E-state index contributed by atoms with van der Waals surface area (Å²) in [5.41, 5.74) is 0.879. The Labute approximate surface area is 161 Å². The molecule has 0 aliphatic heterocycles. The van der Waals surface area contributed by atoms with Gasteiger partial charge in [-0.2, -0.15) is 14.9 Å². The van der Waals surface area contributed by atoms with Crippen LogP contribution in [0.2, 0.25) is 0 Å². The average molecular weight is 389 g/mol. The molecule has 0 saturated carbocycles. The molecular formula is C18H20N4O2S2. The van der Waals surface area contributed by atoms with Gasteiger partial charge in [0, 0.05) is 0 Å². The molecule has 0 aliphatic rings. The first kappa shape index (κ1) is 18.3. The monoisotopic (exact) mass is 388 g/mol. The third-order valence-electron chi connectivity index (χ3n) is 3.34. The van der Waals surface area contributed by atoms with Crippen molar-refractivity contribution in [1.29, 1.82) is 0 Å². The van der Waals surface area contributed by atoms with Gasteiger partial charge in [0.15, 0.2) is 17.3 Å². The lowest BCUT2D eigenvalue weighted by Crippen LogP contribution is -2.07. The maximum absolute atomic E-state index is 5.79. The van der Waals surface area contributed by atoms with Crippen LogP contribution < -0.4 is 9.47 Å². The van der Waals surface area contributed by atoms with Crippen LogP contribution in [0.3, 0.4) is 0 Å². The predicted molar refractivity (Wildman–Crippen MR) is 107 cm³/mol. The summed E-state index contributed by atoms with van der Waals surface area (Å²) in [5.74, 6) is 2.10. The van der Waals surface area contributed by atoms with Crippen LogP contribution in [0.1, 0.15) is 26.3 Å². The van der Waals surface area contributed by atoms with Crippen molar-refractivity contribution in [3.05, 3.63) is 46.0 Å². The molecule has 2 heterocycles. The van der Waals surface area contributed by atoms with Gasteiger partial charge in [-0.3, -0.25) is 0 Å². The maximum Gasteiger partial charge on any atom is 0.216 e. The van der Waals surface area contributed by atoms with Gasteiger partial charge in [-0.25, -0.2) is 5.10 Å². The molecule has 3 rings (SSSR count). The second kappa shape index (κ2) is 8.29. The fraction of sp³-hybridized carbons (Fsp3) is 0.278. The molecule has 0 bridgehead atoms. The van der Waals surface area contributed by atoms with Crippen LogP contribution in [-0.2, 0) is 0 Å². The molecule has 6 nitrogen and oxygen atoms in total. The van der Waals surface area contributed by atoms with Gasteiger partial charge in [0.1, 0.15) is 0 Å². The zero-order valence-corrected chi connectivity index (χ0v) is 16.4. The summed E-state index contributed by atoms with van der Waals surface area (Å²) in [6, 6.07) is 9.67. The minimum Gasteiger partial charge on any atom is -0.490 e. The lowest BCUT2D eigenvalue weighted by Gasteiger charge is -2.14. The molecule has 0 amide bonds. The lowest BCUT2D eigenvalue weighted by atomic mass is 10.2. The van der Waals surface area contributed by atoms with E-state index in [2.05, 4.69) is 15.3 Å². The SMILES string of the molecule is CCOc1cc(/C=N\n2c(-c3cccs3)n[nH]c2=S)ccc1OC(C)C. The van der Waals surface area contributed by atoms with E-state index in [0.29, 0.717) is 23.0 Å². The van der Waals surface area contributed by atoms with Crippen LogP contribution in [0, 0.1) is 4.77 Å². The van der Waals surface area contributed by atoms with Crippen LogP contribution in [0.15, 0.2) is 40.8 Å². The highest BCUT2D eigenvalue weighted by molar-refractivity contribution is 7.71. The van der Waals surface area contributed by atoms with Gasteiger partial charge in [-0.05, 0) is 68.2 Å². The molecule has 136 valence electrons. The van der Waals surface area contributed by atoms with Gasteiger partial charge < -0.3 is 9.47 Å². The highest BCUT2D eigenvalue weighted by Crippen LogP contribution is 2.29. The van der Waals surface area contributed by atoms with Crippen molar-refractivity contribution in [3.63, 3.8) is 0 Å². The molecule has 1 N–H and O–H groups in total. The number of nitrogens with one attached hydrogen (secondary N) is 1. The summed E-state index contributed by atoms with van der Waals surface area (Å²) in [6.45, 7) is 6.47. The molecule has 0 saturated heterocycles. The molecule has 3 aromatic rings. The Bertz CT molecular complexity index is 943. The number of hydrogen-bond acceptors (Lipinski definition) is 6. The van der Waals surface area contributed by atoms with Gasteiger partial charge in [0.05, 0.1) is 23.8 Å². The first-order valence-corrected chi connectivity index (χ1v) is 9.56. The standard InChI is InChI=1S/C18H20N4O2S2/c1-4-23-15-10-13(7-8-14(15)24-12(2)3)11-19-22-17(20-21-18(22)25)16-6-5-9-26-16/h5-12H,4H2,1-3H3,(H,21,25)/b19-11-. The van der Waals surface area contributed by atoms with E-state index in [-0.39, 0.29) is 6.10 Å². The summed E-state index contributed by atoms with van der Waals surface area (Å²) in [4.78, 5) is 0.991. The van der Waals surface area contributed by atoms with E-state index in [4.69, 9.17) is 21.7 Å². The van der Waals surface area contributed by atoms with Crippen LogP contribution >= 0.6 is 23.6 Å². The topological polar surface area (TPSA) is 64.4 Å². The van der Waals surface area contributed by atoms with Crippen LogP contribution in [-0.4, -0.2) is 33.8 Å². The first-order chi connectivity index (χ1) is 12.6. The van der Waals surface area contributed by atoms with E-state index in [9.17, 15) is 0 Å². The van der Waals surface area contributed by atoms with E-state index in [1.165, 1.54) is 0 Å². The number of H-pyrrole nitrogens is 1. The minimum absolute atomic E-state index is 0.0753. The molecule has 0 spiro atoms. The normalized spacial score (nSPS) is 11.4. The van der Waals surface area contributed by atoms with Crippen molar-refractivity contribution < 1.29 is 9.47 Å². The minimum atomic E-state index is 0.0753. The van der Waals surface area contributed by atoms with E-state index >= 15 is 0 Å². The molecule has 0 fully saturated rings. The first-order valence-electron chi connectivity index (χ1n) is 8.27. The van der Waals surface area contributed by atoms with Gasteiger partial charge >= 0.3 is 0 Å². The average Bonchev–Trinajstić information content (AvgIpc) is 3.24. The Balaban J connectivity index is 1.91. The van der Waals surface area contributed by atoms with Crippen molar-refractivity contribution in [2.45, 2.75) is 26.9 Å². The van der Waals surface area contributed by atoms with Crippen molar-refractivity contribution in [2.75, 3.05) is 6.61 Å². The molecular weight excluding hydrogens is 368 g/mol. The number of aromatic amines is 1. The second-order valence-corrected chi connectivity index (χ2v) is 7.03. The number of rotatable bonds is 7. The van der Waals surface area contributed by atoms with Gasteiger partial charge in [0.2, 0.25) is 4.77 Å². The van der Waals surface area contributed by atoms with Crippen LogP contribution in [0.25, 0.3) is 10.7 Å². The summed E-state index contributed by atoms with van der Waals surface area (Å²) < 4.78 is 13.5. The fourth-order valence-corrected chi connectivity index (χ4v) is 3.19. The van der Waals surface area contributed by atoms with Crippen molar-refractivity contribution in [1.82, 2.24) is 14.9 Å². The van der Waals surface area contributed by atoms with Crippen LogP contribution in [0.4, 0.5) is 0 Å². The van der Waals surface area contributed by atoms with Gasteiger partial charge in [-0.1, -0.05) is 6.07 Å². The number of benzene rings is 1. The highest BCUT2D eigenvalue weighted by atomic mass is 32.1. The zero-order chi connectivity index (χ0) is 18.5. The number of hydrogen-bond donors (Lipinski definition) is 1. The molecule has 2 aromatic heterocycles. The number of nitrogens with zero attached hydrogens (tertiary/aromatic N) is 3. The number of aromatic nitrogens is 3. The van der Waals surface area contributed by atoms with E-state index in [0.717, 1.165) is 16.2 Å². The third-order valence-corrected chi connectivity index (χ3v) is 4.47. The van der Waals surface area contributed by atoms with Crippen molar-refractivity contribution in [3.8, 4) is 22.2 Å². The Morgan fingerprint density at radius 2 is 2.19 bits per heavy atom. The maximum atomic E-state index is 5.79. The van der Waals surface area contributed by atoms with Gasteiger partial charge in [-0.15, -0.1) is 11.3 Å². The van der Waals surface area contributed by atoms with E-state index < -0.39 is 0 Å². The lowest BCUT2D eigenvalue weighted by molar-refractivity contribution is 0.224. The molecule has 0 aliphatic carbocycles. The summed E-state index contributed by atoms with van der Waals surface area (Å²) >= 11 is 6.87. The Hall–Kier alpha value is -2.45. The molecule has 26 heavy (non-hydrogen) atoms. The molecule has 1 aromatic carbocycles. The Kier molecular flexibility index (Phi) is 5.85. The zero-order valence-electron chi connectivity index (χ0n) is 14.8. The molecule has 0 unspecified atom stereocenters. The van der Waals surface area contributed by atoms with Crippen molar-refractivity contribution in [2.24, 2.45) is 5.10 Å². The summed E-state index contributed by atoms with van der Waals surface area (Å²) in [5, 5.41) is 13.5. The highest BCUT2D eigenvalue weighted by Gasteiger charge is 2.10. The Morgan fingerprint density at radius 3 is 2.88 bits per heavy atom. The van der Waals surface area contributed by atoms with E-state index in [1.807, 2.05) is 56.5 Å². The van der Waals surface area contributed by atoms with Crippen LogP contribution in [0.5, 0.6) is 11.5 Å². The largest absolute Gasteiger partial charge is 0.490 e. The molecule has 8 heteroatoms. The third kappa shape index (κ3) is 4.20. The van der Waals surface area contributed by atoms with Crippen molar-refractivity contribution >= 4 is 29.8 Å². The quantitative estimate of drug-likeness (QED) is 0.469. The molecule has 0 atom stereocenters. The number of thiophene rings is 1. The number of ether oxygens (including phenoxy) is 2. The summed E-state index contributed by atoms with van der Waals surface area (Å²) in [7, 11) is 0. The summed E-state index contributed by atoms with van der Waals surface area (Å²) in [6.07, 6.45) is 1.80. The molecule has 0 radical (unpaired) electrons. The van der Waals surface area contributed by atoms with Gasteiger partial charge in [0.25, 0.3) is 0 Å². The Morgan fingerprint density at radius 1 is 1.35 bits per heavy atom. The second-order valence-electron chi connectivity index (χ2n) is 5.69. The fourth-order valence-electron chi connectivity index (χ4n) is 2.31. The smallest absolute Gasteiger partial charge is 0.216 e.